The molecule has 0 aromatic carbocycles. The van der Waals surface area contributed by atoms with E-state index in [0.29, 0.717) is 0 Å². The summed E-state index contributed by atoms with van der Waals surface area (Å²) in [5, 5.41) is 8.18. The number of nitrogens with two attached hydrogens (primary N) is 1. The van der Waals surface area contributed by atoms with Crippen LogP contribution in [0.3, 0.4) is 0 Å². The zero-order valence-electron chi connectivity index (χ0n) is 6.00. The van der Waals surface area contributed by atoms with Crippen LogP contribution in [0.25, 0.3) is 0 Å². The van der Waals surface area contributed by atoms with Crippen LogP contribution in [0.5, 0.6) is 0 Å². The minimum Gasteiger partial charge on any atom is -0.480 e. The molecule has 0 aromatic rings. The van der Waals surface area contributed by atoms with Crippen molar-refractivity contribution in [2.24, 2.45) is 5.73 Å². The second-order valence-corrected chi connectivity index (χ2v) is 3.59. The van der Waals surface area contributed by atoms with E-state index in [2.05, 4.69) is 0 Å². The monoisotopic (exact) mass is 219 g/mol. The number of carbonyl (C=O) groups is 1. The molecule has 0 aliphatic carbocycles. The number of rotatable bonds is 4. The normalized spacial score (nSPS) is 13.2. The fourth-order valence-electron chi connectivity index (χ4n) is 0.399. The Labute approximate surface area is 75.9 Å². The maximum Gasteiger partial charge on any atom is 0.320 e. The molecule has 0 aliphatic rings. The fourth-order valence-corrected chi connectivity index (χ4v) is 0.951. The molecule has 12 heavy (non-hydrogen) atoms. The summed E-state index contributed by atoms with van der Waals surface area (Å²) in [4.78, 5) is 10.0. The van der Waals surface area contributed by atoms with E-state index in [9.17, 15) is 13.2 Å². The van der Waals surface area contributed by atoms with Gasteiger partial charge in [0.15, 0.2) is 0 Å². The molecular formula is C4H10ClNO5S. The van der Waals surface area contributed by atoms with Crippen LogP contribution in [0.1, 0.15) is 6.42 Å². The van der Waals surface area contributed by atoms with Crippen molar-refractivity contribution in [2.45, 2.75) is 12.5 Å². The van der Waals surface area contributed by atoms with E-state index in [1.165, 1.54) is 0 Å². The SMILES string of the molecule is Cl.NC(CCS(=O)(=O)O)C(=O)O. The Bertz CT molecular complexity index is 238. The van der Waals surface area contributed by atoms with Gasteiger partial charge in [-0.25, -0.2) is 0 Å². The molecule has 1 unspecified atom stereocenters. The van der Waals surface area contributed by atoms with Crippen LogP contribution < -0.4 is 5.73 Å². The topological polar surface area (TPSA) is 118 Å². The van der Waals surface area contributed by atoms with Crippen LogP contribution >= 0.6 is 12.4 Å². The minimum absolute atomic E-state index is 0. The zero-order valence-corrected chi connectivity index (χ0v) is 7.64. The molecule has 6 nitrogen and oxygen atoms in total. The summed E-state index contributed by atoms with van der Waals surface area (Å²) in [5.41, 5.74) is 4.95. The summed E-state index contributed by atoms with van der Waals surface area (Å²) >= 11 is 0. The lowest BCUT2D eigenvalue weighted by atomic mass is 10.2. The molecule has 8 heteroatoms. The van der Waals surface area contributed by atoms with Gasteiger partial charge in [-0.1, -0.05) is 0 Å². The van der Waals surface area contributed by atoms with Gasteiger partial charge in [-0.15, -0.1) is 12.4 Å². The van der Waals surface area contributed by atoms with Gasteiger partial charge in [-0.05, 0) is 6.42 Å². The Morgan fingerprint density at radius 3 is 2.17 bits per heavy atom. The molecule has 0 radical (unpaired) electrons. The molecule has 0 saturated carbocycles. The number of hydrogen-bond donors (Lipinski definition) is 3. The quantitative estimate of drug-likeness (QED) is 0.528. The predicted molar refractivity (Wildman–Crippen MR) is 43.9 cm³/mol. The molecule has 1 atom stereocenters. The molecule has 4 N–H and O–H groups in total. The number of carboxylic acids is 1. The van der Waals surface area contributed by atoms with E-state index in [-0.39, 0.29) is 18.8 Å². The van der Waals surface area contributed by atoms with Crippen LogP contribution in [-0.2, 0) is 14.9 Å². The molecule has 0 spiro atoms. The first-order valence-electron chi connectivity index (χ1n) is 2.76. The third-order valence-electron chi connectivity index (χ3n) is 1.00. The molecule has 0 amide bonds. The first-order chi connectivity index (χ1) is 4.83. The molecule has 0 aromatic heterocycles. The van der Waals surface area contributed by atoms with Gasteiger partial charge in [-0.2, -0.15) is 8.42 Å². The lowest BCUT2D eigenvalue weighted by Crippen LogP contribution is -2.32. The Hall–Kier alpha value is -0.370. The summed E-state index contributed by atoms with van der Waals surface area (Å²) in [7, 11) is -4.10. The third kappa shape index (κ3) is 7.73. The van der Waals surface area contributed by atoms with Gasteiger partial charge >= 0.3 is 5.97 Å². The highest BCUT2D eigenvalue weighted by molar-refractivity contribution is 7.85. The van der Waals surface area contributed by atoms with Crippen molar-refractivity contribution in [3.63, 3.8) is 0 Å². The Balaban J connectivity index is 0. The fraction of sp³-hybridized carbons (Fsp3) is 0.750. The highest BCUT2D eigenvalue weighted by atomic mass is 35.5. The number of carboxylic acid groups (broad SMARTS) is 1. The molecular weight excluding hydrogens is 210 g/mol. The lowest BCUT2D eigenvalue weighted by Gasteiger charge is -2.02. The largest absolute Gasteiger partial charge is 0.480 e. The van der Waals surface area contributed by atoms with Crippen molar-refractivity contribution in [2.75, 3.05) is 5.75 Å². The first kappa shape index (κ1) is 14.2. The van der Waals surface area contributed by atoms with E-state index in [1.54, 1.807) is 0 Å². The number of hydrogen-bond acceptors (Lipinski definition) is 4. The van der Waals surface area contributed by atoms with Gasteiger partial charge in [0.25, 0.3) is 10.1 Å². The molecule has 0 heterocycles. The van der Waals surface area contributed by atoms with E-state index >= 15 is 0 Å². The molecule has 74 valence electrons. The highest BCUT2D eigenvalue weighted by Gasteiger charge is 2.14. The van der Waals surface area contributed by atoms with Crippen molar-refractivity contribution in [3.05, 3.63) is 0 Å². The average Bonchev–Trinajstić information content (AvgIpc) is 1.80. The van der Waals surface area contributed by atoms with E-state index in [4.69, 9.17) is 15.4 Å². The Morgan fingerprint density at radius 2 is 1.92 bits per heavy atom. The second kappa shape index (κ2) is 5.31. The predicted octanol–water partition coefficient (Wildman–Crippen LogP) is -0.902. The molecule has 0 fully saturated rings. The van der Waals surface area contributed by atoms with Gasteiger partial charge in [0.05, 0.1) is 5.75 Å². The maximum absolute atomic E-state index is 10.1. The number of aliphatic carboxylic acids is 1. The van der Waals surface area contributed by atoms with E-state index in [1.807, 2.05) is 0 Å². The average molecular weight is 220 g/mol. The van der Waals surface area contributed by atoms with E-state index < -0.39 is 27.9 Å². The van der Waals surface area contributed by atoms with Crippen LogP contribution in [0, 0.1) is 0 Å². The summed E-state index contributed by atoms with van der Waals surface area (Å²) in [6.45, 7) is 0. The Morgan fingerprint density at radius 1 is 1.50 bits per heavy atom. The minimum atomic E-state index is -4.10. The highest BCUT2D eigenvalue weighted by Crippen LogP contribution is 1.92. The van der Waals surface area contributed by atoms with Gasteiger partial charge in [0.1, 0.15) is 6.04 Å². The van der Waals surface area contributed by atoms with Crippen molar-refractivity contribution in [1.29, 1.82) is 0 Å². The molecule has 0 rings (SSSR count). The van der Waals surface area contributed by atoms with Crippen molar-refractivity contribution in [3.8, 4) is 0 Å². The molecule has 0 saturated heterocycles. The van der Waals surface area contributed by atoms with Crippen molar-refractivity contribution in [1.82, 2.24) is 0 Å². The van der Waals surface area contributed by atoms with Crippen LogP contribution in [0.2, 0.25) is 0 Å². The van der Waals surface area contributed by atoms with Crippen LogP contribution in [0.4, 0.5) is 0 Å². The molecule has 0 aliphatic heterocycles. The summed E-state index contributed by atoms with van der Waals surface area (Å²) < 4.78 is 28.3. The standard InChI is InChI=1S/C4H9NO5S.ClH/c5-3(4(6)7)1-2-11(8,9)10;/h3H,1-2,5H2,(H,6,7)(H,8,9,10);1H. The second-order valence-electron chi connectivity index (χ2n) is 2.02. The lowest BCUT2D eigenvalue weighted by molar-refractivity contribution is -0.138. The summed E-state index contributed by atoms with van der Waals surface area (Å²) in [6, 6.07) is -1.24. The van der Waals surface area contributed by atoms with Gasteiger partial charge in [0.2, 0.25) is 0 Å². The summed E-state index contributed by atoms with van der Waals surface area (Å²) in [6.07, 6.45) is -0.284. The number of halogens is 1. The summed E-state index contributed by atoms with van der Waals surface area (Å²) in [5.74, 6) is -1.91. The third-order valence-corrected chi connectivity index (χ3v) is 1.76. The maximum atomic E-state index is 10.1. The van der Waals surface area contributed by atoms with Gasteiger partial charge in [-0.3, -0.25) is 9.35 Å². The Kier molecular flexibility index (Phi) is 6.27. The van der Waals surface area contributed by atoms with Crippen LogP contribution in [0.15, 0.2) is 0 Å². The van der Waals surface area contributed by atoms with Crippen LogP contribution in [-0.4, -0.2) is 35.8 Å². The van der Waals surface area contributed by atoms with Crippen molar-refractivity contribution < 1.29 is 22.9 Å². The zero-order chi connectivity index (χ0) is 9.07. The van der Waals surface area contributed by atoms with Crippen molar-refractivity contribution >= 4 is 28.5 Å². The van der Waals surface area contributed by atoms with E-state index in [0.717, 1.165) is 0 Å². The van der Waals surface area contributed by atoms with Gasteiger partial charge in [0, 0.05) is 0 Å². The van der Waals surface area contributed by atoms with Gasteiger partial charge < -0.3 is 10.8 Å². The smallest absolute Gasteiger partial charge is 0.320 e. The molecule has 0 bridgehead atoms. The first-order valence-corrected chi connectivity index (χ1v) is 4.37.